The Balaban J connectivity index is 1.40. The van der Waals surface area contributed by atoms with Crippen molar-refractivity contribution in [3.8, 4) is 11.5 Å². The van der Waals surface area contributed by atoms with E-state index < -0.39 is 11.4 Å². The summed E-state index contributed by atoms with van der Waals surface area (Å²) in [5, 5.41) is 4.95. The zero-order chi connectivity index (χ0) is 32.1. The first-order chi connectivity index (χ1) is 21.6. The number of piperidine rings is 1. The summed E-state index contributed by atoms with van der Waals surface area (Å²) < 4.78 is 18.9. The van der Waals surface area contributed by atoms with Crippen LogP contribution in [-0.2, 0) is 21.5 Å². The van der Waals surface area contributed by atoms with Crippen molar-refractivity contribution in [1.29, 1.82) is 0 Å². The number of likely N-dealkylation sites (tertiary alicyclic amines) is 1. The first-order valence-electron chi connectivity index (χ1n) is 16.0. The predicted molar refractivity (Wildman–Crippen MR) is 175 cm³/mol. The molecule has 9 heteroatoms. The second kappa shape index (κ2) is 13.9. The van der Waals surface area contributed by atoms with E-state index in [1.807, 2.05) is 61.9 Å². The number of rotatable bonds is 10. The number of ether oxygens (including phenoxy) is 3. The van der Waals surface area contributed by atoms with Crippen molar-refractivity contribution in [3.05, 3.63) is 82.8 Å². The summed E-state index contributed by atoms with van der Waals surface area (Å²) in [4.78, 5) is 31.5. The quantitative estimate of drug-likeness (QED) is 0.265. The molecule has 5 rings (SSSR count). The third-order valence-corrected chi connectivity index (χ3v) is 8.53. The SMILES string of the molecule is COc1ccc(Cn2nc3c(c2C)C(C)(C)CN(C(=O)c2ccc(OCCN4CCCCC4)cc2)C=C3C(=O)OC(C)C)cc1. The molecule has 0 bridgehead atoms. The highest BCUT2D eigenvalue weighted by atomic mass is 16.5. The average Bonchev–Trinajstić information content (AvgIpc) is 3.29. The second-order valence-electron chi connectivity index (χ2n) is 12.9. The molecule has 3 aromatic rings. The zero-order valence-corrected chi connectivity index (χ0v) is 27.5. The van der Waals surface area contributed by atoms with Gasteiger partial charge in [-0.1, -0.05) is 32.4 Å². The molecule has 3 heterocycles. The van der Waals surface area contributed by atoms with Crippen LogP contribution in [0, 0.1) is 6.92 Å². The molecule has 2 aliphatic rings. The molecule has 1 amide bonds. The molecule has 240 valence electrons. The molecule has 0 aliphatic carbocycles. The molecule has 0 radical (unpaired) electrons. The number of nitrogens with zero attached hydrogens (tertiary/aromatic N) is 4. The Kier molecular flexibility index (Phi) is 9.97. The molecule has 0 spiro atoms. The van der Waals surface area contributed by atoms with Crippen molar-refractivity contribution < 1.29 is 23.8 Å². The van der Waals surface area contributed by atoms with Crippen LogP contribution in [0.25, 0.3) is 5.57 Å². The highest BCUT2D eigenvalue weighted by molar-refractivity contribution is 6.17. The normalized spacial score (nSPS) is 16.5. The number of carbonyl (C=O) groups is 2. The largest absolute Gasteiger partial charge is 0.497 e. The summed E-state index contributed by atoms with van der Waals surface area (Å²) in [5.41, 5.74) is 3.74. The minimum absolute atomic E-state index is 0.202. The maximum Gasteiger partial charge on any atom is 0.342 e. The Morgan fingerprint density at radius 3 is 2.27 bits per heavy atom. The first-order valence-corrected chi connectivity index (χ1v) is 16.0. The van der Waals surface area contributed by atoms with Gasteiger partial charge < -0.3 is 19.1 Å². The highest BCUT2D eigenvalue weighted by Gasteiger charge is 2.39. The number of hydrogen-bond donors (Lipinski definition) is 0. The summed E-state index contributed by atoms with van der Waals surface area (Å²) >= 11 is 0. The van der Waals surface area contributed by atoms with Gasteiger partial charge in [0.05, 0.1) is 19.8 Å². The number of amides is 1. The van der Waals surface area contributed by atoms with E-state index >= 15 is 0 Å². The van der Waals surface area contributed by atoms with E-state index in [1.54, 1.807) is 30.3 Å². The number of carbonyl (C=O) groups excluding carboxylic acids is 2. The van der Waals surface area contributed by atoms with Crippen LogP contribution in [0.3, 0.4) is 0 Å². The molecular formula is C36H46N4O5. The van der Waals surface area contributed by atoms with Crippen LogP contribution in [0.2, 0.25) is 0 Å². The summed E-state index contributed by atoms with van der Waals surface area (Å²) in [6.45, 7) is 14.5. The Labute approximate surface area is 266 Å². The number of fused-ring (bicyclic) bond motifs is 1. The molecule has 0 saturated carbocycles. The van der Waals surface area contributed by atoms with E-state index in [4.69, 9.17) is 19.3 Å². The Bertz CT molecular complexity index is 1520. The molecule has 45 heavy (non-hydrogen) atoms. The van der Waals surface area contributed by atoms with Crippen LogP contribution >= 0.6 is 0 Å². The van der Waals surface area contributed by atoms with Crippen LogP contribution in [0.4, 0.5) is 0 Å². The van der Waals surface area contributed by atoms with Crippen LogP contribution in [-0.4, -0.2) is 77.5 Å². The average molecular weight is 615 g/mol. The van der Waals surface area contributed by atoms with E-state index in [2.05, 4.69) is 18.7 Å². The van der Waals surface area contributed by atoms with Crippen LogP contribution < -0.4 is 9.47 Å². The third kappa shape index (κ3) is 7.59. The lowest BCUT2D eigenvalue weighted by molar-refractivity contribution is -0.140. The van der Waals surface area contributed by atoms with Gasteiger partial charge in [0.1, 0.15) is 29.4 Å². The molecule has 1 saturated heterocycles. The second-order valence-corrected chi connectivity index (χ2v) is 12.9. The maximum absolute atomic E-state index is 13.9. The molecule has 1 fully saturated rings. The number of esters is 1. The van der Waals surface area contributed by atoms with Crippen molar-refractivity contribution in [2.45, 2.75) is 71.9 Å². The lowest BCUT2D eigenvalue weighted by Crippen LogP contribution is -2.37. The lowest BCUT2D eigenvalue weighted by Gasteiger charge is -2.30. The predicted octanol–water partition coefficient (Wildman–Crippen LogP) is 5.84. The van der Waals surface area contributed by atoms with Gasteiger partial charge in [0, 0.05) is 41.5 Å². The summed E-state index contributed by atoms with van der Waals surface area (Å²) in [5.74, 6) is 0.812. The fourth-order valence-corrected chi connectivity index (χ4v) is 6.26. The summed E-state index contributed by atoms with van der Waals surface area (Å²) in [7, 11) is 1.64. The van der Waals surface area contributed by atoms with Crippen LogP contribution in [0.1, 0.15) is 79.8 Å². The van der Waals surface area contributed by atoms with E-state index in [1.165, 1.54) is 19.3 Å². The molecule has 0 N–H and O–H groups in total. The number of benzene rings is 2. The number of methoxy groups -OCH3 is 1. The van der Waals surface area contributed by atoms with Gasteiger partial charge in [-0.25, -0.2) is 4.79 Å². The Hall–Kier alpha value is -4.11. The van der Waals surface area contributed by atoms with Crippen LogP contribution in [0.5, 0.6) is 11.5 Å². The zero-order valence-electron chi connectivity index (χ0n) is 27.5. The summed E-state index contributed by atoms with van der Waals surface area (Å²) in [6.07, 6.45) is 5.11. The van der Waals surface area contributed by atoms with Gasteiger partial charge in [0.15, 0.2) is 0 Å². The molecule has 0 unspecified atom stereocenters. The molecule has 9 nitrogen and oxygen atoms in total. The topological polar surface area (TPSA) is 86.1 Å². The molecule has 2 aliphatic heterocycles. The molecule has 0 atom stereocenters. The van der Waals surface area contributed by atoms with Crippen molar-refractivity contribution in [2.75, 3.05) is 39.9 Å². The monoisotopic (exact) mass is 614 g/mol. The van der Waals surface area contributed by atoms with Gasteiger partial charge in [-0.3, -0.25) is 14.4 Å². The highest BCUT2D eigenvalue weighted by Crippen LogP contribution is 2.38. The Morgan fingerprint density at radius 2 is 1.62 bits per heavy atom. The van der Waals surface area contributed by atoms with Crippen molar-refractivity contribution in [1.82, 2.24) is 19.6 Å². The minimum atomic E-state index is -0.513. The van der Waals surface area contributed by atoms with Gasteiger partial charge >= 0.3 is 5.97 Å². The van der Waals surface area contributed by atoms with E-state index in [0.717, 1.165) is 48.0 Å². The van der Waals surface area contributed by atoms with Crippen LogP contribution in [0.15, 0.2) is 54.7 Å². The first kappa shape index (κ1) is 32.3. The fraction of sp³-hybridized carbons (Fsp3) is 0.472. The van der Waals surface area contributed by atoms with Gasteiger partial charge in [0.2, 0.25) is 0 Å². The lowest BCUT2D eigenvalue weighted by atomic mass is 9.82. The Morgan fingerprint density at radius 1 is 0.956 bits per heavy atom. The molecule has 1 aromatic heterocycles. The van der Waals surface area contributed by atoms with E-state index in [0.29, 0.717) is 31.0 Å². The number of hydrogen-bond acceptors (Lipinski definition) is 7. The smallest absolute Gasteiger partial charge is 0.342 e. The summed E-state index contributed by atoms with van der Waals surface area (Å²) in [6, 6.07) is 15.1. The van der Waals surface area contributed by atoms with E-state index in [-0.39, 0.29) is 17.6 Å². The van der Waals surface area contributed by atoms with Crippen molar-refractivity contribution in [3.63, 3.8) is 0 Å². The third-order valence-electron chi connectivity index (χ3n) is 8.53. The van der Waals surface area contributed by atoms with Crippen molar-refractivity contribution in [2.24, 2.45) is 0 Å². The fourth-order valence-electron chi connectivity index (χ4n) is 6.26. The van der Waals surface area contributed by atoms with Gasteiger partial charge in [0.25, 0.3) is 5.91 Å². The van der Waals surface area contributed by atoms with Gasteiger partial charge in [-0.05, 0) is 88.7 Å². The van der Waals surface area contributed by atoms with Crippen molar-refractivity contribution >= 4 is 17.4 Å². The standard InChI is InChI=1S/C36H46N4O5/c1-25(2)45-35(42)31-23-39(34(41)28-12-16-30(17-13-28)44-21-20-38-18-8-7-9-19-38)24-36(4,5)32-26(3)40(37-33(31)32)22-27-10-14-29(43-6)15-11-27/h10-17,23,25H,7-9,18-22,24H2,1-6H3. The molecule has 2 aromatic carbocycles. The minimum Gasteiger partial charge on any atom is -0.497 e. The van der Waals surface area contributed by atoms with E-state index in [9.17, 15) is 9.59 Å². The van der Waals surface area contributed by atoms with Gasteiger partial charge in [-0.15, -0.1) is 0 Å². The maximum atomic E-state index is 13.9. The molecular weight excluding hydrogens is 568 g/mol. The number of aromatic nitrogens is 2. The van der Waals surface area contributed by atoms with Gasteiger partial charge in [-0.2, -0.15) is 5.10 Å².